The minimum absolute atomic E-state index is 0.170. The quantitative estimate of drug-likeness (QED) is 0.526. The molecule has 2 unspecified atom stereocenters. The van der Waals surface area contributed by atoms with E-state index in [1.165, 1.54) is 25.3 Å². The summed E-state index contributed by atoms with van der Waals surface area (Å²) in [5, 5.41) is 0. The number of hydrogen-bond donors (Lipinski definition) is 0. The number of carbonyl (C=O) groups excluding carboxylic acids is 1. The fourth-order valence-electron chi connectivity index (χ4n) is 2.87. The minimum Gasteiger partial charge on any atom is -0.466 e. The van der Waals surface area contributed by atoms with Crippen LogP contribution in [0.25, 0.3) is 0 Å². The number of rotatable bonds is 3. The summed E-state index contributed by atoms with van der Waals surface area (Å²) in [6, 6.07) is 0. The topological polar surface area (TPSA) is 26.3 Å². The molecular weight excluding hydrogens is 188 g/mol. The first-order valence-electron chi connectivity index (χ1n) is 5.83. The minimum atomic E-state index is -0.170. The van der Waals surface area contributed by atoms with Crippen molar-refractivity contribution in [1.82, 2.24) is 0 Å². The Hall–Kier alpha value is -0.790. The maximum atomic E-state index is 10.6. The van der Waals surface area contributed by atoms with E-state index in [-0.39, 0.29) is 5.97 Å². The van der Waals surface area contributed by atoms with Crippen molar-refractivity contribution in [3.63, 3.8) is 0 Å². The van der Waals surface area contributed by atoms with Crippen LogP contribution in [-0.2, 0) is 9.53 Å². The van der Waals surface area contributed by atoms with Gasteiger partial charge in [0, 0.05) is 13.3 Å². The second-order valence-electron chi connectivity index (χ2n) is 5.48. The van der Waals surface area contributed by atoms with Crippen LogP contribution in [0.4, 0.5) is 0 Å². The molecule has 0 aromatic carbocycles. The Bertz CT molecular complexity index is 302. The van der Waals surface area contributed by atoms with E-state index in [2.05, 4.69) is 19.9 Å². The fourth-order valence-corrected chi connectivity index (χ4v) is 2.87. The Labute approximate surface area is 91.7 Å². The highest BCUT2D eigenvalue weighted by atomic mass is 16.5. The molecule has 2 atom stereocenters. The van der Waals surface area contributed by atoms with E-state index in [0.717, 1.165) is 18.3 Å². The molecule has 0 N–H and O–H groups in total. The average molecular weight is 208 g/mol. The Kier molecular flexibility index (Phi) is 2.61. The molecule has 0 aliphatic heterocycles. The van der Waals surface area contributed by atoms with E-state index in [0.29, 0.717) is 12.0 Å². The van der Waals surface area contributed by atoms with Gasteiger partial charge in [-0.3, -0.25) is 4.79 Å². The van der Waals surface area contributed by atoms with Crippen molar-refractivity contribution in [2.45, 2.75) is 40.0 Å². The molecule has 3 aliphatic rings. The molecule has 0 amide bonds. The number of fused-ring (bicyclic) bond motifs is 1. The molecule has 15 heavy (non-hydrogen) atoms. The van der Waals surface area contributed by atoms with E-state index in [9.17, 15) is 4.79 Å². The lowest BCUT2D eigenvalue weighted by atomic mass is 9.50. The van der Waals surface area contributed by atoms with Gasteiger partial charge in [-0.05, 0) is 30.1 Å². The van der Waals surface area contributed by atoms with Gasteiger partial charge in [-0.15, -0.1) is 0 Å². The Morgan fingerprint density at radius 2 is 2.33 bits per heavy atom. The first-order chi connectivity index (χ1) is 7.00. The second kappa shape index (κ2) is 3.66. The zero-order valence-corrected chi connectivity index (χ0v) is 9.88. The summed E-state index contributed by atoms with van der Waals surface area (Å²) in [4.78, 5) is 10.6. The molecule has 0 spiro atoms. The van der Waals surface area contributed by atoms with Gasteiger partial charge in [-0.2, -0.15) is 0 Å². The first kappa shape index (κ1) is 10.7. The number of carbonyl (C=O) groups is 1. The SMILES string of the molecule is CC(=O)OCCC1=CC2CC(C1)C2(C)C. The van der Waals surface area contributed by atoms with Gasteiger partial charge in [0.15, 0.2) is 0 Å². The Morgan fingerprint density at radius 1 is 1.60 bits per heavy atom. The lowest BCUT2D eigenvalue weighted by Gasteiger charge is -2.55. The van der Waals surface area contributed by atoms with Crippen LogP contribution in [0, 0.1) is 17.3 Å². The smallest absolute Gasteiger partial charge is 0.302 e. The van der Waals surface area contributed by atoms with E-state index < -0.39 is 0 Å². The molecule has 0 saturated heterocycles. The molecule has 0 aromatic heterocycles. The molecule has 2 nitrogen and oxygen atoms in total. The molecular formula is C13H20O2. The summed E-state index contributed by atoms with van der Waals surface area (Å²) in [6.45, 7) is 6.76. The van der Waals surface area contributed by atoms with Crippen LogP contribution in [0.15, 0.2) is 11.6 Å². The molecule has 0 radical (unpaired) electrons. The van der Waals surface area contributed by atoms with Crippen LogP contribution >= 0.6 is 0 Å². The predicted molar refractivity (Wildman–Crippen MR) is 59.3 cm³/mol. The van der Waals surface area contributed by atoms with Gasteiger partial charge in [0.2, 0.25) is 0 Å². The first-order valence-corrected chi connectivity index (χ1v) is 5.83. The van der Waals surface area contributed by atoms with E-state index in [4.69, 9.17) is 4.74 Å². The van der Waals surface area contributed by atoms with Crippen LogP contribution in [0.3, 0.4) is 0 Å². The summed E-state index contributed by atoms with van der Waals surface area (Å²) < 4.78 is 4.97. The normalized spacial score (nSPS) is 31.5. The molecule has 1 fully saturated rings. The molecule has 1 saturated carbocycles. The molecule has 84 valence electrons. The van der Waals surface area contributed by atoms with Crippen molar-refractivity contribution in [2.75, 3.05) is 6.61 Å². The van der Waals surface area contributed by atoms with Crippen LogP contribution in [0.2, 0.25) is 0 Å². The fraction of sp³-hybridized carbons (Fsp3) is 0.769. The molecule has 2 heteroatoms. The summed E-state index contributed by atoms with van der Waals surface area (Å²) in [5.41, 5.74) is 2.02. The second-order valence-corrected chi connectivity index (χ2v) is 5.48. The predicted octanol–water partition coefficient (Wildman–Crippen LogP) is 2.93. The van der Waals surface area contributed by atoms with Gasteiger partial charge in [0.25, 0.3) is 0 Å². The van der Waals surface area contributed by atoms with Crippen LogP contribution in [0.1, 0.15) is 40.0 Å². The zero-order valence-electron chi connectivity index (χ0n) is 9.88. The van der Waals surface area contributed by atoms with Crippen molar-refractivity contribution in [3.05, 3.63) is 11.6 Å². The van der Waals surface area contributed by atoms with Gasteiger partial charge in [0.1, 0.15) is 0 Å². The Balaban J connectivity index is 1.84. The van der Waals surface area contributed by atoms with E-state index in [1.807, 2.05) is 0 Å². The average Bonchev–Trinajstić information content (AvgIpc) is 2.17. The lowest BCUT2D eigenvalue weighted by molar-refractivity contribution is -0.140. The highest BCUT2D eigenvalue weighted by Crippen LogP contribution is 2.58. The van der Waals surface area contributed by atoms with Gasteiger partial charge < -0.3 is 4.74 Å². The maximum Gasteiger partial charge on any atom is 0.302 e. The highest BCUT2D eigenvalue weighted by Gasteiger charge is 2.49. The van der Waals surface area contributed by atoms with Crippen molar-refractivity contribution in [2.24, 2.45) is 17.3 Å². The van der Waals surface area contributed by atoms with Crippen molar-refractivity contribution in [3.8, 4) is 0 Å². The molecule has 0 heterocycles. The number of allylic oxidation sites excluding steroid dienone is 1. The molecule has 0 aromatic rings. The van der Waals surface area contributed by atoms with E-state index in [1.54, 1.807) is 0 Å². The van der Waals surface area contributed by atoms with Gasteiger partial charge in [-0.1, -0.05) is 25.5 Å². The van der Waals surface area contributed by atoms with Crippen molar-refractivity contribution >= 4 is 5.97 Å². The summed E-state index contributed by atoms with van der Waals surface area (Å²) >= 11 is 0. The molecule has 3 rings (SSSR count). The van der Waals surface area contributed by atoms with E-state index >= 15 is 0 Å². The highest BCUT2D eigenvalue weighted by molar-refractivity contribution is 5.65. The largest absolute Gasteiger partial charge is 0.466 e. The maximum absolute atomic E-state index is 10.6. The van der Waals surface area contributed by atoms with Crippen molar-refractivity contribution in [1.29, 1.82) is 0 Å². The molecule has 2 bridgehead atoms. The number of ether oxygens (including phenoxy) is 1. The standard InChI is InChI=1S/C13H20O2/c1-9(14)15-5-4-10-6-11-8-12(7-10)13(11,2)3/h6,11-12H,4-5,7-8H2,1-3H3. The third kappa shape index (κ3) is 1.95. The molecule has 3 aliphatic carbocycles. The third-order valence-corrected chi connectivity index (χ3v) is 4.22. The van der Waals surface area contributed by atoms with Crippen LogP contribution < -0.4 is 0 Å². The monoisotopic (exact) mass is 208 g/mol. The van der Waals surface area contributed by atoms with Gasteiger partial charge in [-0.25, -0.2) is 0 Å². The summed E-state index contributed by atoms with van der Waals surface area (Å²) in [5.74, 6) is 1.46. The van der Waals surface area contributed by atoms with Crippen molar-refractivity contribution < 1.29 is 9.53 Å². The number of hydrogen-bond acceptors (Lipinski definition) is 2. The number of esters is 1. The lowest BCUT2D eigenvalue weighted by Crippen LogP contribution is -2.46. The van der Waals surface area contributed by atoms with Gasteiger partial charge >= 0.3 is 5.97 Å². The van der Waals surface area contributed by atoms with Crippen LogP contribution in [-0.4, -0.2) is 12.6 Å². The third-order valence-electron chi connectivity index (χ3n) is 4.22. The van der Waals surface area contributed by atoms with Gasteiger partial charge in [0.05, 0.1) is 6.61 Å². The Morgan fingerprint density at radius 3 is 2.80 bits per heavy atom. The zero-order chi connectivity index (χ0) is 11.1. The summed E-state index contributed by atoms with van der Waals surface area (Å²) in [6.07, 6.45) is 5.93. The van der Waals surface area contributed by atoms with Crippen LogP contribution in [0.5, 0.6) is 0 Å². The summed E-state index contributed by atoms with van der Waals surface area (Å²) in [7, 11) is 0.